The van der Waals surface area contributed by atoms with Gasteiger partial charge in [0.05, 0.1) is 18.3 Å². The number of carboxylic acids is 1. The smallest absolute Gasteiger partial charge is 0.336 e. The molecule has 0 aliphatic carbocycles. The molecule has 4 heterocycles. The number of nitrogens with one attached hydrogen (secondary N) is 3. The Morgan fingerprint density at radius 3 is 2.59 bits per heavy atom. The topological polar surface area (TPSA) is 179 Å². The van der Waals surface area contributed by atoms with Crippen LogP contribution in [0.3, 0.4) is 0 Å². The molecule has 0 bridgehead atoms. The highest BCUT2D eigenvalue weighted by atomic mass is 19.1. The van der Waals surface area contributed by atoms with Crippen LogP contribution in [0.25, 0.3) is 17.2 Å². The summed E-state index contributed by atoms with van der Waals surface area (Å²) in [5.74, 6) is -2.52. The largest absolute Gasteiger partial charge is 0.478 e. The Labute approximate surface area is 261 Å². The Morgan fingerprint density at radius 1 is 1.00 bits per heavy atom. The molecule has 14 nitrogen and oxygen atoms in total. The van der Waals surface area contributed by atoms with E-state index in [0.29, 0.717) is 17.7 Å². The van der Waals surface area contributed by atoms with E-state index >= 15 is 0 Å². The standard InChI is InChI=1S/C31H30FN7O7/c1-2-33-31(43)38-27-24-28(36-15-35-27)39(16-37-24)29-26-25(45-23(46-26)12-11-17-7-4-3-5-8-17)21(44-29)14-34-22(40)13-19-18(30(41)42)9-6-10-20(19)32/h3-12,15-16,21,23,25-26,29H,2,13-14H2,1H3,(H,34,40)(H,41,42)(H2,33,35,36,38,43)/t21?,23-,25?,26?,29?/m0/s1. The summed E-state index contributed by atoms with van der Waals surface area (Å²) in [7, 11) is 0. The van der Waals surface area contributed by atoms with Crippen molar-refractivity contribution in [3.05, 3.63) is 89.8 Å². The third-order valence-electron chi connectivity index (χ3n) is 7.50. The molecule has 2 aromatic heterocycles. The van der Waals surface area contributed by atoms with Crippen molar-refractivity contribution in [1.82, 2.24) is 30.2 Å². The maximum atomic E-state index is 14.4. The number of hydrogen-bond donors (Lipinski definition) is 4. The highest BCUT2D eigenvalue weighted by molar-refractivity contribution is 5.96. The highest BCUT2D eigenvalue weighted by Crippen LogP contribution is 2.41. The minimum absolute atomic E-state index is 0.0442. The van der Waals surface area contributed by atoms with Gasteiger partial charge in [0.25, 0.3) is 0 Å². The third-order valence-corrected chi connectivity index (χ3v) is 7.50. The summed E-state index contributed by atoms with van der Waals surface area (Å²) >= 11 is 0. The zero-order valence-corrected chi connectivity index (χ0v) is 24.5. The molecule has 4 aromatic rings. The van der Waals surface area contributed by atoms with E-state index in [9.17, 15) is 23.9 Å². The Kier molecular flexibility index (Phi) is 8.96. The van der Waals surface area contributed by atoms with Gasteiger partial charge in [0.1, 0.15) is 30.5 Å². The summed E-state index contributed by atoms with van der Waals surface area (Å²) < 4.78 is 34.9. The summed E-state index contributed by atoms with van der Waals surface area (Å²) in [6.45, 7) is 2.16. The van der Waals surface area contributed by atoms with Crippen molar-refractivity contribution in [2.75, 3.05) is 18.4 Å². The van der Waals surface area contributed by atoms with Crippen LogP contribution in [0.15, 0.2) is 67.3 Å². The number of urea groups is 1. The Bertz CT molecular complexity index is 1780. The van der Waals surface area contributed by atoms with Gasteiger partial charge in [-0.3, -0.25) is 14.7 Å². The molecule has 4 unspecified atom stereocenters. The number of carbonyl (C=O) groups is 3. The number of halogens is 1. The van der Waals surface area contributed by atoms with Gasteiger partial charge in [-0.15, -0.1) is 0 Å². The minimum atomic E-state index is -1.33. The van der Waals surface area contributed by atoms with E-state index in [1.165, 1.54) is 24.8 Å². The predicted molar refractivity (Wildman–Crippen MR) is 161 cm³/mol. The number of aromatic carboxylic acids is 1. The summed E-state index contributed by atoms with van der Waals surface area (Å²) in [5, 5.41) is 17.4. The van der Waals surface area contributed by atoms with E-state index in [2.05, 4.69) is 30.9 Å². The fourth-order valence-electron chi connectivity index (χ4n) is 5.41. The number of imidazole rings is 1. The van der Waals surface area contributed by atoms with Crippen LogP contribution in [0.2, 0.25) is 0 Å². The molecule has 2 aliphatic heterocycles. The van der Waals surface area contributed by atoms with Gasteiger partial charge in [-0.2, -0.15) is 0 Å². The van der Waals surface area contributed by atoms with Gasteiger partial charge in [0.15, 0.2) is 29.5 Å². The number of amides is 3. The number of benzene rings is 2. The van der Waals surface area contributed by atoms with E-state index in [1.807, 2.05) is 36.4 Å². The monoisotopic (exact) mass is 631 g/mol. The molecule has 2 fully saturated rings. The lowest BCUT2D eigenvalue weighted by Gasteiger charge is -2.20. The number of ether oxygens (including phenoxy) is 3. The molecular formula is C31H30FN7O7. The molecule has 15 heteroatoms. The molecule has 238 valence electrons. The second kappa shape index (κ2) is 13.4. The van der Waals surface area contributed by atoms with Gasteiger partial charge in [0.2, 0.25) is 5.91 Å². The molecule has 0 radical (unpaired) electrons. The zero-order valence-electron chi connectivity index (χ0n) is 24.5. The lowest BCUT2D eigenvalue weighted by molar-refractivity contribution is -0.129. The van der Waals surface area contributed by atoms with Crippen molar-refractivity contribution in [3.63, 3.8) is 0 Å². The molecular weight excluding hydrogens is 601 g/mol. The van der Waals surface area contributed by atoms with Gasteiger partial charge in [-0.1, -0.05) is 42.5 Å². The van der Waals surface area contributed by atoms with Crippen molar-refractivity contribution in [3.8, 4) is 0 Å². The summed E-state index contributed by atoms with van der Waals surface area (Å²) in [6, 6.07) is 12.8. The minimum Gasteiger partial charge on any atom is -0.478 e. The number of hydrogen-bond acceptors (Lipinski definition) is 9. The van der Waals surface area contributed by atoms with Crippen LogP contribution in [-0.4, -0.2) is 80.2 Å². The van der Waals surface area contributed by atoms with Crippen molar-refractivity contribution in [2.24, 2.45) is 0 Å². The van der Waals surface area contributed by atoms with Gasteiger partial charge in [-0.25, -0.2) is 28.9 Å². The van der Waals surface area contributed by atoms with Crippen LogP contribution < -0.4 is 16.0 Å². The number of anilines is 1. The molecule has 0 spiro atoms. The molecule has 2 aliphatic rings. The van der Waals surface area contributed by atoms with Gasteiger partial charge in [-0.05, 0) is 30.7 Å². The molecule has 2 aromatic carbocycles. The predicted octanol–water partition coefficient (Wildman–Crippen LogP) is 2.88. The Hall–Kier alpha value is -5.25. The van der Waals surface area contributed by atoms with E-state index in [-0.39, 0.29) is 23.5 Å². The molecule has 46 heavy (non-hydrogen) atoms. The fourth-order valence-corrected chi connectivity index (χ4v) is 5.41. The van der Waals surface area contributed by atoms with E-state index in [4.69, 9.17) is 14.2 Å². The maximum absolute atomic E-state index is 14.4. The number of fused-ring (bicyclic) bond motifs is 2. The maximum Gasteiger partial charge on any atom is 0.336 e. The Morgan fingerprint density at radius 2 is 1.80 bits per heavy atom. The fraction of sp³-hybridized carbons (Fsp3) is 0.290. The average molecular weight is 632 g/mol. The number of aromatic nitrogens is 4. The molecule has 2 saturated heterocycles. The molecule has 0 saturated carbocycles. The summed E-state index contributed by atoms with van der Waals surface area (Å²) in [6.07, 6.45) is 2.37. The van der Waals surface area contributed by atoms with Crippen LogP contribution in [0.1, 0.15) is 34.6 Å². The van der Waals surface area contributed by atoms with Crippen molar-refractivity contribution in [1.29, 1.82) is 0 Å². The average Bonchev–Trinajstić information content (AvgIpc) is 3.75. The van der Waals surface area contributed by atoms with Crippen LogP contribution in [0.5, 0.6) is 0 Å². The number of nitrogens with zero attached hydrogens (tertiary/aromatic N) is 4. The van der Waals surface area contributed by atoms with Gasteiger partial charge >= 0.3 is 12.0 Å². The van der Waals surface area contributed by atoms with Crippen LogP contribution in [0.4, 0.5) is 15.0 Å². The number of rotatable bonds is 10. The first-order valence-corrected chi connectivity index (χ1v) is 14.5. The lowest BCUT2D eigenvalue weighted by atomic mass is 10.0. The quantitative estimate of drug-likeness (QED) is 0.203. The van der Waals surface area contributed by atoms with Gasteiger partial charge < -0.3 is 30.0 Å². The van der Waals surface area contributed by atoms with E-state index < -0.39 is 61.0 Å². The van der Waals surface area contributed by atoms with Crippen LogP contribution in [0, 0.1) is 5.82 Å². The molecule has 6 rings (SSSR count). The lowest BCUT2D eigenvalue weighted by Crippen LogP contribution is -2.40. The molecule has 4 N–H and O–H groups in total. The highest BCUT2D eigenvalue weighted by Gasteiger charge is 2.53. The number of carbonyl (C=O) groups excluding carboxylic acids is 2. The second-order valence-electron chi connectivity index (χ2n) is 10.5. The zero-order chi connectivity index (χ0) is 32.2. The first-order chi connectivity index (χ1) is 22.3. The number of carboxylic acid groups (broad SMARTS) is 1. The van der Waals surface area contributed by atoms with Crippen LogP contribution >= 0.6 is 0 Å². The summed E-state index contributed by atoms with van der Waals surface area (Å²) in [5.41, 5.74) is 1.13. The molecule has 3 amide bonds. The van der Waals surface area contributed by atoms with Crippen molar-refractivity contribution in [2.45, 2.75) is 44.2 Å². The SMILES string of the molecule is CCNC(=O)Nc1ncnc2c1ncn2C1OC(CNC(=O)Cc2c(F)cccc2C(=O)O)C2O[C@H](C=Cc3ccccc3)OC21. The van der Waals surface area contributed by atoms with Crippen LogP contribution in [-0.2, 0) is 25.4 Å². The van der Waals surface area contributed by atoms with E-state index in [1.54, 1.807) is 17.6 Å². The van der Waals surface area contributed by atoms with Gasteiger partial charge in [0, 0.05) is 18.7 Å². The van der Waals surface area contributed by atoms with Crippen molar-refractivity contribution >= 4 is 41.0 Å². The molecule has 5 atom stereocenters. The second-order valence-corrected chi connectivity index (χ2v) is 10.5. The van der Waals surface area contributed by atoms with Crippen molar-refractivity contribution < 1.29 is 38.1 Å². The normalized spacial score (nSPS) is 22.2. The third kappa shape index (κ3) is 6.42. The first kappa shape index (κ1) is 30.8. The first-order valence-electron chi connectivity index (χ1n) is 14.5. The van der Waals surface area contributed by atoms with E-state index in [0.717, 1.165) is 11.6 Å². The Balaban J connectivity index is 1.23. The summed E-state index contributed by atoms with van der Waals surface area (Å²) in [4.78, 5) is 49.5.